The van der Waals surface area contributed by atoms with Crippen molar-refractivity contribution in [1.82, 2.24) is 19.9 Å². The predicted molar refractivity (Wildman–Crippen MR) is 99.5 cm³/mol. The summed E-state index contributed by atoms with van der Waals surface area (Å²) in [6.45, 7) is -2.97. The second kappa shape index (κ2) is 7.61. The quantitative estimate of drug-likeness (QED) is 0.546. The fourth-order valence-corrected chi connectivity index (χ4v) is 3.27. The molecule has 4 aromatic rings. The Hall–Kier alpha value is -3.53. The van der Waals surface area contributed by atoms with Gasteiger partial charge in [0.1, 0.15) is 11.2 Å². The normalized spacial score (nSPS) is 11.0. The first-order valence-corrected chi connectivity index (χ1v) is 8.86. The van der Waals surface area contributed by atoms with Gasteiger partial charge in [0.15, 0.2) is 16.6 Å². The van der Waals surface area contributed by atoms with E-state index in [4.69, 9.17) is 0 Å². The number of benzene rings is 1. The van der Waals surface area contributed by atoms with Crippen LogP contribution in [-0.4, -0.2) is 32.5 Å². The van der Waals surface area contributed by atoms with Crippen molar-refractivity contribution in [3.63, 3.8) is 0 Å². The summed E-state index contributed by atoms with van der Waals surface area (Å²) in [7, 11) is 0. The Morgan fingerprint density at radius 1 is 1.07 bits per heavy atom. The molecule has 0 saturated heterocycles. The van der Waals surface area contributed by atoms with Crippen molar-refractivity contribution >= 4 is 33.8 Å². The first-order chi connectivity index (χ1) is 13.6. The molecule has 3 heterocycles. The maximum absolute atomic E-state index is 12.6. The fraction of sp³-hybridized carbons (Fsp3) is 0.0556. The summed E-state index contributed by atoms with van der Waals surface area (Å²) in [6.07, 6.45) is 4.64. The second-order valence-electron chi connectivity index (χ2n) is 5.45. The zero-order valence-electron chi connectivity index (χ0n) is 14.0. The van der Waals surface area contributed by atoms with E-state index in [9.17, 15) is 13.6 Å². The molecule has 4 rings (SSSR count). The number of nitrogens with one attached hydrogen (secondary N) is 1. The molecule has 3 aromatic heterocycles. The summed E-state index contributed by atoms with van der Waals surface area (Å²) in [5, 5.41) is 5.30. The third kappa shape index (κ3) is 3.62. The number of nitrogens with zero attached hydrogens (tertiary/aromatic N) is 4. The Kier molecular flexibility index (Phi) is 4.85. The molecule has 0 spiro atoms. The Balaban J connectivity index is 1.62. The van der Waals surface area contributed by atoms with Gasteiger partial charge in [-0.05, 0) is 30.3 Å². The van der Waals surface area contributed by atoms with Crippen LogP contribution in [0.2, 0.25) is 0 Å². The highest BCUT2D eigenvalue weighted by molar-refractivity contribution is 7.13. The molecule has 28 heavy (non-hydrogen) atoms. The molecule has 1 amide bonds. The van der Waals surface area contributed by atoms with Gasteiger partial charge in [0.05, 0.1) is 5.69 Å². The van der Waals surface area contributed by atoms with E-state index in [1.54, 1.807) is 36.0 Å². The first-order valence-electron chi connectivity index (χ1n) is 7.98. The number of carbonyl (C=O) groups excluding carboxylic acids is 1. The van der Waals surface area contributed by atoms with Gasteiger partial charge in [-0.3, -0.25) is 9.78 Å². The summed E-state index contributed by atoms with van der Waals surface area (Å²) >= 11 is 1.24. The molecular weight excluding hydrogens is 388 g/mol. The van der Waals surface area contributed by atoms with Crippen molar-refractivity contribution in [2.75, 3.05) is 5.32 Å². The van der Waals surface area contributed by atoms with Crippen LogP contribution in [0.25, 0.3) is 21.7 Å². The van der Waals surface area contributed by atoms with Crippen molar-refractivity contribution in [2.24, 2.45) is 0 Å². The molecular formula is C18H11F2N5O2S. The maximum atomic E-state index is 12.6. The van der Waals surface area contributed by atoms with E-state index in [1.165, 1.54) is 29.7 Å². The molecule has 10 heteroatoms. The number of pyridine rings is 1. The number of ether oxygens (including phenoxy) is 1. The minimum atomic E-state index is -2.97. The summed E-state index contributed by atoms with van der Waals surface area (Å²) in [4.78, 5) is 29.1. The summed E-state index contributed by atoms with van der Waals surface area (Å²) in [5.74, 6) is -0.0958. The van der Waals surface area contributed by atoms with Gasteiger partial charge in [-0.15, -0.1) is 11.3 Å². The summed E-state index contributed by atoms with van der Waals surface area (Å²) in [5.41, 5.74) is 0.815. The van der Waals surface area contributed by atoms with Gasteiger partial charge in [-0.1, -0.05) is 0 Å². The Morgan fingerprint density at radius 2 is 1.86 bits per heavy atom. The number of rotatable bonds is 5. The number of fused-ring (bicyclic) bond motifs is 1. The second-order valence-corrected chi connectivity index (χ2v) is 6.31. The summed E-state index contributed by atoms with van der Waals surface area (Å²) in [6, 6.07) is 7.79. The number of aromatic nitrogens is 4. The number of anilines is 1. The topological polar surface area (TPSA) is 89.9 Å². The highest BCUT2D eigenvalue weighted by Gasteiger charge is 2.17. The lowest BCUT2D eigenvalue weighted by Crippen LogP contribution is -2.13. The van der Waals surface area contributed by atoms with E-state index >= 15 is 0 Å². The van der Waals surface area contributed by atoms with Gasteiger partial charge in [0, 0.05) is 29.4 Å². The molecule has 140 valence electrons. The number of halogens is 2. The standard InChI is InChI=1S/C18H11F2N5O2S/c19-18(20)27-13-5-4-11(10-3-1-6-21-14(10)13)24-16(26)12-9-28-17(25-12)15-22-7-2-8-23-15/h1-9,18H,(H,24,26). The predicted octanol–water partition coefficient (Wildman–Crippen LogP) is 4.00. The monoisotopic (exact) mass is 399 g/mol. The van der Waals surface area contributed by atoms with Gasteiger partial charge < -0.3 is 10.1 Å². The average molecular weight is 399 g/mol. The van der Waals surface area contributed by atoms with Crippen LogP contribution in [0.3, 0.4) is 0 Å². The molecule has 0 bridgehead atoms. The van der Waals surface area contributed by atoms with Gasteiger partial charge in [0.2, 0.25) is 0 Å². The minimum Gasteiger partial charge on any atom is -0.432 e. The Morgan fingerprint density at radius 3 is 2.64 bits per heavy atom. The van der Waals surface area contributed by atoms with Crippen molar-refractivity contribution in [3.05, 3.63) is 60.0 Å². The molecule has 1 aromatic carbocycles. The zero-order valence-corrected chi connectivity index (χ0v) is 14.9. The average Bonchev–Trinajstić information content (AvgIpc) is 3.21. The molecule has 0 unspecified atom stereocenters. The van der Waals surface area contributed by atoms with E-state index in [2.05, 4.69) is 30.0 Å². The van der Waals surface area contributed by atoms with E-state index in [0.29, 0.717) is 21.9 Å². The number of amides is 1. The van der Waals surface area contributed by atoms with E-state index in [-0.39, 0.29) is 17.0 Å². The SMILES string of the molecule is O=C(Nc1ccc(OC(F)F)c2ncccc12)c1csc(-c2ncccn2)n1. The van der Waals surface area contributed by atoms with Gasteiger partial charge in [-0.2, -0.15) is 8.78 Å². The lowest BCUT2D eigenvalue weighted by Gasteiger charge is -2.11. The van der Waals surface area contributed by atoms with Crippen LogP contribution in [-0.2, 0) is 0 Å². The van der Waals surface area contributed by atoms with Crippen molar-refractivity contribution < 1.29 is 18.3 Å². The third-order valence-electron chi connectivity index (χ3n) is 3.69. The van der Waals surface area contributed by atoms with Crippen LogP contribution >= 0.6 is 11.3 Å². The minimum absolute atomic E-state index is 0.0687. The van der Waals surface area contributed by atoms with Crippen molar-refractivity contribution in [2.45, 2.75) is 6.61 Å². The van der Waals surface area contributed by atoms with Gasteiger partial charge in [-0.25, -0.2) is 15.0 Å². The molecule has 7 nitrogen and oxygen atoms in total. The molecule has 1 N–H and O–H groups in total. The molecule has 0 aliphatic heterocycles. The van der Waals surface area contributed by atoms with Gasteiger partial charge in [0.25, 0.3) is 5.91 Å². The molecule has 0 radical (unpaired) electrons. The van der Waals surface area contributed by atoms with Crippen LogP contribution in [0, 0.1) is 0 Å². The van der Waals surface area contributed by atoms with Gasteiger partial charge >= 0.3 is 6.61 Å². The molecule has 0 atom stereocenters. The van der Waals surface area contributed by atoms with E-state index < -0.39 is 12.5 Å². The Labute approximate surface area is 161 Å². The van der Waals surface area contributed by atoms with Crippen LogP contribution in [0.1, 0.15) is 10.5 Å². The van der Waals surface area contributed by atoms with Crippen molar-refractivity contribution in [1.29, 1.82) is 0 Å². The van der Waals surface area contributed by atoms with E-state index in [1.807, 2.05) is 0 Å². The van der Waals surface area contributed by atoms with E-state index in [0.717, 1.165) is 0 Å². The smallest absolute Gasteiger partial charge is 0.387 e. The zero-order chi connectivity index (χ0) is 19.5. The van der Waals surface area contributed by atoms with Crippen LogP contribution < -0.4 is 10.1 Å². The lowest BCUT2D eigenvalue weighted by molar-refractivity contribution is -0.0489. The molecule has 0 aliphatic rings. The molecule has 0 fully saturated rings. The largest absolute Gasteiger partial charge is 0.432 e. The fourth-order valence-electron chi connectivity index (χ4n) is 2.52. The highest BCUT2D eigenvalue weighted by Crippen LogP contribution is 2.31. The van der Waals surface area contributed by atoms with Crippen LogP contribution in [0.5, 0.6) is 5.75 Å². The third-order valence-corrected chi connectivity index (χ3v) is 4.53. The first kappa shape index (κ1) is 17.9. The number of hydrogen-bond acceptors (Lipinski definition) is 7. The maximum Gasteiger partial charge on any atom is 0.387 e. The Bertz CT molecular complexity index is 1140. The number of carbonyl (C=O) groups is 1. The molecule has 0 saturated carbocycles. The lowest BCUT2D eigenvalue weighted by atomic mass is 10.1. The van der Waals surface area contributed by atoms with Crippen LogP contribution in [0.15, 0.2) is 54.3 Å². The van der Waals surface area contributed by atoms with Crippen molar-refractivity contribution in [3.8, 4) is 16.6 Å². The highest BCUT2D eigenvalue weighted by atomic mass is 32.1. The summed E-state index contributed by atoms with van der Waals surface area (Å²) < 4.78 is 29.7. The number of hydrogen-bond donors (Lipinski definition) is 1. The number of thiazole rings is 1. The van der Waals surface area contributed by atoms with Crippen LogP contribution in [0.4, 0.5) is 14.5 Å². The number of alkyl halides is 2. The molecule has 0 aliphatic carbocycles.